The van der Waals surface area contributed by atoms with Gasteiger partial charge < -0.3 is 9.80 Å². The van der Waals surface area contributed by atoms with Crippen LogP contribution in [0.2, 0.25) is 0 Å². The van der Waals surface area contributed by atoms with Gasteiger partial charge in [0.2, 0.25) is 5.91 Å². The van der Waals surface area contributed by atoms with Crippen molar-refractivity contribution in [2.75, 3.05) is 31.9 Å². The number of nitrogens with zero attached hydrogens (tertiary/aromatic N) is 2. The number of alkyl halides is 3. The number of hydrogen-bond donors (Lipinski definition) is 0. The average Bonchev–Trinajstić information content (AvgIpc) is 2.91. The molecule has 3 aromatic carbocycles. The van der Waals surface area contributed by atoms with Crippen LogP contribution in [0.15, 0.2) is 83.8 Å². The molecule has 1 heterocycles. The van der Waals surface area contributed by atoms with E-state index in [1.807, 2.05) is 30.3 Å². The molecule has 0 N–H and O–H groups in total. The zero-order valence-corrected chi connectivity index (χ0v) is 20.6. The summed E-state index contributed by atoms with van der Waals surface area (Å²) in [5.41, 5.74) is 0.404. The molecule has 2 amide bonds. The van der Waals surface area contributed by atoms with Gasteiger partial charge in [0, 0.05) is 32.6 Å². The van der Waals surface area contributed by atoms with E-state index in [-0.39, 0.29) is 49.2 Å². The molecule has 1 fully saturated rings. The number of amides is 2. The number of piperazine rings is 1. The molecule has 0 atom stereocenters. The van der Waals surface area contributed by atoms with E-state index in [1.54, 1.807) is 12.1 Å². The minimum Gasteiger partial charge on any atom is -0.339 e. The smallest absolute Gasteiger partial charge is 0.339 e. The molecule has 194 valence electrons. The van der Waals surface area contributed by atoms with E-state index in [1.165, 1.54) is 34.1 Å². The van der Waals surface area contributed by atoms with E-state index in [4.69, 9.17) is 0 Å². The lowest BCUT2D eigenvalue weighted by Gasteiger charge is -2.35. The van der Waals surface area contributed by atoms with Crippen molar-refractivity contribution in [3.8, 4) is 11.1 Å². The first-order chi connectivity index (χ1) is 17.6. The molecule has 0 aliphatic carbocycles. The summed E-state index contributed by atoms with van der Waals surface area (Å²) in [6.45, 7) is 0.351. The zero-order valence-electron chi connectivity index (χ0n) is 19.8. The monoisotopic (exact) mass is 530 g/mol. The van der Waals surface area contributed by atoms with Gasteiger partial charge in [0.1, 0.15) is 0 Å². The average molecular weight is 531 g/mol. The molecule has 4 rings (SSSR count). The van der Waals surface area contributed by atoms with E-state index in [0.29, 0.717) is 0 Å². The summed E-state index contributed by atoms with van der Waals surface area (Å²) in [5, 5.41) is 0. The highest BCUT2D eigenvalue weighted by molar-refractivity contribution is 7.91. The molecular weight excluding hydrogens is 505 g/mol. The molecule has 6 nitrogen and oxygen atoms in total. The summed E-state index contributed by atoms with van der Waals surface area (Å²) in [7, 11) is -3.69. The van der Waals surface area contributed by atoms with Gasteiger partial charge in [-0.3, -0.25) is 9.59 Å². The molecule has 0 saturated carbocycles. The van der Waals surface area contributed by atoms with Crippen molar-refractivity contribution in [1.29, 1.82) is 0 Å². The van der Waals surface area contributed by atoms with Crippen LogP contribution in [0.3, 0.4) is 0 Å². The minimum absolute atomic E-state index is 0.0600. The number of halogens is 3. The third kappa shape index (κ3) is 6.19. The van der Waals surface area contributed by atoms with Crippen LogP contribution in [0.4, 0.5) is 13.2 Å². The summed E-state index contributed by atoms with van der Waals surface area (Å²) in [5.74, 6) is -1.50. The van der Waals surface area contributed by atoms with E-state index >= 15 is 0 Å². The molecule has 10 heteroatoms. The van der Waals surface area contributed by atoms with Crippen molar-refractivity contribution < 1.29 is 31.2 Å². The first-order valence-corrected chi connectivity index (χ1v) is 13.3. The van der Waals surface area contributed by atoms with Crippen molar-refractivity contribution in [3.63, 3.8) is 0 Å². The van der Waals surface area contributed by atoms with Crippen LogP contribution in [-0.2, 0) is 20.8 Å². The maximum absolute atomic E-state index is 13.3. The first-order valence-electron chi connectivity index (χ1n) is 11.7. The van der Waals surface area contributed by atoms with Crippen molar-refractivity contribution in [2.24, 2.45) is 0 Å². The van der Waals surface area contributed by atoms with E-state index in [9.17, 15) is 31.2 Å². The molecule has 3 aromatic rings. The number of carbonyl (C=O) groups excluding carboxylic acids is 2. The second kappa shape index (κ2) is 10.8. The Balaban J connectivity index is 1.32. The summed E-state index contributed by atoms with van der Waals surface area (Å²) in [6, 6.07) is 20.6. The van der Waals surface area contributed by atoms with Gasteiger partial charge in [0.05, 0.1) is 21.8 Å². The zero-order chi connectivity index (χ0) is 26.6. The Labute approximate surface area is 213 Å². The van der Waals surface area contributed by atoms with Crippen LogP contribution in [0.1, 0.15) is 22.3 Å². The first kappa shape index (κ1) is 26.4. The number of hydrogen-bond acceptors (Lipinski definition) is 4. The summed E-state index contributed by atoms with van der Waals surface area (Å²) < 4.78 is 65.3. The molecule has 0 radical (unpaired) electrons. The highest BCUT2D eigenvalue weighted by atomic mass is 32.2. The Hall–Kier alpha value is -3.66. The molecule has 37 heavy (non-hydrogen) atoms. The molecule has 0 unspecified atom stereocenters. The standard InChI is InChI=1S/C27H25F3N2O4S/c28-27(29,30)24-9-5-4-8-23(24)26(34)32-17-15-31(16-18-32)25(33)14-19-37(35,36)22-12-10-21(11-13-22)20-6-2-1-3-7-20/h1-13H,14-19H2. The fourth-order valence-corrected chi connectivity index (χ4v) is 5.46. The van der Waals surface area contributed by atoms with Gasteiger partial charge in [-0.25, -0.2) is 8.42 Å². The minimum atomic E-state index is -4.66. The van der Waals surface area contributed by atoms with Crippen molar-refractivity contribution >= 4 is 21.7 Å². The van der Waals surface area contributed by atoms with Crippen molar-refractivity contribution in [3.05, 3.63) is 90.0 Å². The van der Waals surface area contributed by atoms with E-state index in [2.05, 4.69) is 0 Å². The van der Waals surface area contributed by atoms with Gasteiger partial charge in [-0.1, -0.05) is 54.6 Å². The fraction of sp³-hybridized carbons (Fsp3) is 0.259. The Morgan fingerprint density at radius 3 is 1.89 bits per heavy atom. The number of carbonyl (C=O) groups is 2. The van der Waals surface area contributed by atoms with Crippen LogP contribution in [0.25, 0.3) is 11.1 Å². The van der Waals surface area contributed by atoms with E-state index < -0.39 is 33.0 Å². The molecule has 0 spiro atoms. The molecule has 0 bridgehead atoms. The van der Waals surface area contributed by atoms with Gasteiger partial charge in [-0.05, 0) is 35.4 Å². The van der Waals surface area contributed by atoms with Gasteiger partial charge in [-0.2, -0.15) is 13.2 Å². The third-order valence-corrected chi connectivity index (χ3v) is 8.02. The van der Waals surface area contributed by atoms with E-state index in [0.717, 1.165) is 23.3 Å². The Morgan fingerprint density at radius 2 is 1.27 bits per heavy atom. The number of rotatable bonds is 6. The molecule has 1 aliphatic heterocycles. The largest absolute Gasteiger partial charge is 0.417 e. The Kier molecular flexibility index (Phi) is 7.68. The Morgan fingerprint density at radius 1 is 0.730 bits per heavy atom. The number of sulfone groups is 1. The second-order valence-electron chi connectivity index (χ2n) is 8.68. The maximum atomic E-state index is 13.3. The maximum Gasteiger partial charge on any atom is 0.417 e. The van der Waals surface area contributed by atoms with Crippen LogP contribution in [-0.4, -0.2) is 62.0 Å². The van der Waals surface area contributed by atoms with Crippen molar-refractivity contribution in [1.82, 2.24) is 9.80 Å². The lowest BCUT2D eigenvalue weighted by Crippen LogP contribution is -2.51. The SMILES string of the molecule is O=C(CCS(=O)(=O)c1ccc(-c2ccccc2)cc1)N1CCN(C(=O)c2ccccc2C(F)(F)F)CC1. The lowest BCUT2D eigenvalue weighted by atomic mass is 10.1. The Bertz CT molecular complexity index is 1370. The molecule has 1 saturated heterocycles. The molecule has 1 aliphatic rings. The summed E-state index contributed by atoms with van der Waals surface area (Å²) in [6.07, 6.45) is -4.88. The summed E-state index contributed by atoms with van der Waals surface area (Å²) in [4.78, 5) is 28.2. The topological polar surface area (TPSA) is 74.8 Å². The lowest BCUT2D eigenvalue weighted by molar-refractivity contribution is -0.138. The predicted molar refractivity (Wildman–Crippen MR) is 132 cm³/mol. The highest BCUT2D eigenvalue weighted by Gasteiger charge is 2.36. The second-order valence-corrected chi connectivity index (χ2v) is 10.8. The van der Waals surface area contributed by atoms with Gasteiger partial charge >= 0.3 is 6.18 Å². The van der Waals surface area contributed by atoms with Crippen LogP contribution < -0.4 is 0 Å². The third-order valence-electron chi connectivity index (χ3n) is 6.29. The number of benzene rings is 3. The van der Waals surface area contributed by atoms with Crippen LogP contribution in [0.5, 0.6) is 0 Å². The van der Waals surface area contributed by atoms with Crippen LogP contribution >= 0.6 is 0 Å². The fourth-order valence-electron chi connectivity index (χ4n) is 4.23. The normalized spacial score (nSPS) is 14.5. The highest BCUT2D eigenvalue weighted by Crippen LogP contribution is 2.32. The summed E-state index contributed by atoms with van der Waals surface area (Å²) >= 11 is 0. The molecule has 0 aromatic heterocycles. The van der Waals surface area contributed by atoms with Crippen molar-refractivity contribution in [2.45, 2.75) is 17.5 Å². The van der Waals surface area contributed by atoms with Gasteiger partial charge in [0.15, 0.2) is 9.84 Å². The van der Waals surface area contributed by atoms with Crippen LogP contribution in [0, 0.1) is 0 Å². The van der Waals surface area contributed by atoms with Gasteiger partial charge in [-0.15, -0.1) is 0 Å². The molecular formula is C27H25F3N2O4S. The quantitative estimate of drug-likeness (QED) is 0.470. The predicted octanol–water partition coefficient (Wildman–Crippen LogP) is 4.52. The van der Waals surface area contributed by atoms with Gasteiger partial charge in [0.25, 0.3) is 5.91 Å².